The summed E-state index contributed by atoms with van der Waals surface area (Å²) in [4.78, 5) is 11.8. The fourth-order valence-electron chi connectivity index (χ4n) is 1.93. The largest absolute Gasteiger partial charge is 0.462 e. The van der Waals surface area contributed by atoms with Crippen molar-refractivity contribution in [2.24, 2.45) is 0 Å². The van der Waals surface area contributed by atoms with Gasteiger partial charge in [-0.15, -0.1) is 5.10 Å². The Morgan fingerprint density at radius 2 is 2.09 bits per heavy atom. The molecule has 22 heavy (non-hydrogen) atoms. The van der Waals surface area contributed by atoms with Crippen molar-refractivity contribution < 1.29 is 14.3 Å². The molecule has 2 aromatic rings. The molecule has 0 fully saturated rings. The van der Waals surface area contributed by atoms with Crippen LogP contribution in [0.3, 0.4) is 0 Å². The third-order valence-corrected chi connectivity index (χ3v) is 4.94. The number of aromatic nitrogens is 3. The molecule has 1 aromatic heterocycles. The monoisotopic (exact) mass is 321 g/mol. The lowest BCUT2D eigenvalue weighted by atomic mass is 10.2. The summed E-state index contributed by atoms with van der Waals surface area (Å²) in [6.45, 7) is 10.1. The summed E-state index contributed by atoms with van der Waals surface area (Å²) in [6, 6.07) is 6.32. The average molecular weight is 321 g/mol. The number of benzene rings is 1. The molecule has 1 heterocycles. The molecule has 0 atom stereocenters. The van der Waals surface area contributed by atoms with Crippen LogP contribution in [-0.2, 0) is 16.2 Å². The number of carbonyl (C=O) groups is 1. The first kappa shape index (κ1) is 16.6. The molecule has 0 aliphatic rings. The van der Waals surface area contributed by atoms with Crippen molar-refractivity contribution in [3.8, 4) is 0 Å². The van der Waals surface area contributed by atoms with E-state index in [1.54, 1.807) is 29.8 Å². The number of carbonyl (C=O) groups excluding carboxylic acids is 1. The van der Waals surface area contributed by atoms with Gasteiger partial charge in [-0.1, -0.05) is 24.9 Å². The molecule has 0 aliphatic heterocycles. The molecule has 0 spiro atoms. The molecule has 0 radical (unpaired) electrons. The standard InChI is InChI=1S/C15H23N3O3Si/c1-5-21-15(19)12-6-7-13-14(10-12)18(17-16-13)11-20-8-9-22(2,3)4/h6-7,10H,5,8-9,11H2,1-4H3. The Labute approximate surface area is 131 Å². The van der Waals surface area contributed by atoms with Crippen LogP contribution in [0.15, 0.2) is 18.2 Å². The molecule has 1 aromatic carbocycles. The Kier molecular flexibility index (Phi) is 5.31. The minimum Gasteiger partial charge on any atom is -0.462 e. The molecule has 2 rings (SSSR count). The van der Waals surface area contributed by atoms with Gasteiger partial charge in [0.05, 0.1) is 17.7 Å². The topological polar surface area (TPSA) is 66.2 Å². The highest BCUT2D eigenvalue weighted by Crippen LogP contribution is 2.15. The van der Waals surface area contributed by atoms with Gasteiger partial charge in [0.2, 0.25) is 0 Å². The molecule has 0 unspecified atom stereocenters. The van der Waals surface area contributed by atoms with Crippen LogP contribution in [0.5, 0.6) is 0 Å². The lowest BCUT2D eigenvalue weighted by Crippen LogP contribution is -2.22. The molecule has 0 saturated heterocycles. The number of fused-ring (bicyclic) bond motifs is 1. The average Bonchev–Trinajstić information content (AvgIpc) is 2.85. The van der Waals surface area contributed by atoms with Crippen LogP contribution in [-0.4, -0.2) is 42.3 Å². The summed E-state index contributed by atoms with van der Waals surface area (Å²) in [7, 11) is -1.10. The van der Waals surface area contributed by atoms with Crippen molar-refractivity contribution in [1.82, 2.24) is 15.0 Å². The van der Waals surface area contributed by atoms with E-state index < -0.39 is 8.07 Å². The van der Waals surface area contributed by atoms with E-state index in [1.807, 2.05) is 0 Å². The Morgan fingerprint density at radius 1 is 1.32 bits per heavy atom. The highest BCUT2D eigenvalue weighted by atomic mass is 28.3. The van der Waals surface area contributed by atoms with Crippen molar-refractivity contribution in [2.75, 3.05) is 13.2 Å². The first-order valence-corrected chi connectivity index (χ1v) is 11.2. The van der Waals surface area contributed by atoms with Crippen LogP contribution >= 0.6 is 0 Å². The summed E-state index contributed by atoms with van der Waals surface area (Å²) in [5, 5.41) is 8.16. The van der Waals surface area contributed by atoms with Crippen molar-refractivity contribution in [2.45, 2.75) is 39.3 Å². The van der Waals surface area contributed by atoms with Crippen molar-refractivity contribution >= 4 is 25.1 Å². The van der Waals surface area contributed by atoms with Gasteiger partial charge in [0.15, 0.2) is 0 Å². The molecule has 120 valence electrons. The van der Waals surface area contributed by atoms with E-state index in [1.165, 1.54) is 0 Å². The molecule has 0 N–H and O–H groups in total. The predicted octanol–water partition coefficient (Wildman–Crippen LogP) is 2.92. The normalized spacial score (nSPS) is 11.8. The van der Waals surface area contributed by atoms with Crippen LogP contribution in [0.4, 0.5) is 0 Å². The number of hydrogen-bond donors (Lipinski definition) is 0. The smallest absolute Gasteiger partial charge is 0.338 e. The minimum atomic E-state index is -1.10. The van der Waals surface area contributed by atoms with Crippen LogP contribution in [0.1, 0.15) is 17.3 Å². The van der Waals surface area contributed by atoms with Gasteiger partial charge in [-0.25, -0.2) is 9.48 Å². The number of esters is 1. The van der Waals surface area contributed by atoms with Gasteiger partial charge in [0.1, 0.15) is 12.2 Å². The van der Waals surface area contributed by atoms with E-state index in [2.05, 4.69) is 30.0 Å². The van der Waals surface area contributed by atoms with Crippen LogP contribution < -0.4 is 0 Å². The molecule has 7 heteroatoms. The second-order valence-electron chi connectivity index (χ2n) is 6.36. The molecule has 0 saturated carbocycles. The van der Waals surface area contributed by atoms with Crippen LogP contribution in [0, 0.1) is 0 Å². The lowest BCUT2D eigenvalue weighted by molar-refractivity contribution is 0.0526. The molecular formula is C15H23N3O3Si. The van der Waals surface area contributed by atoms with E-state index in [0.29, 0.717) is 25.5 Å². The third kappa shape index (κ3) is 4.38. The second-order valence-corrected chi connectivity index (χ2v) is 12.0. The number of nitrogens with zero attached hydrogens (tertiary/aromatic N) is 3. The highest BCUT2D eigenvalue weighted by Gasteiger charge is 2.13. The van der Waals surface area contributed by atoms with Gasteiger partial charge < -0.3 is 9.47 Å². The zero-order valence-corrected chi connectivity index (χ0v) is 14.6. The van der Waals surface area contributed by atoms with Crippen molar-refractivity contribution in [3.63, 3.8) is 0 Å². The molecule has 0 bridgehead atoms. The zero-order chi connectivity index (χ0) is 16.2. The number of rotatable bonds is 7. The Hall–Kier alpha value is -1.73. The van der Waals surface area contributed by atoms with Gasteiger partial charge in [0, 0.05) is 14.7 Å². The maximum Gasteiger partial charge on any atom is 0.338 e. The molecule has 0 aliphatic carbocycles. The van der Waals surface area contributed by atoms with Gasteiger partial charge in [-0.3, -0.25) is 0 Å². The summed E-state index contributed by atoms with van der Waals surface area (Å²) in [5.74, 6) is -0.336. The zero-order valence-electron chi connectivity index (χ0n) is 13.6. The van der Waals surface area contributed by atoms with Gasteiger partial charge in [0.25, 0.3) is 0 Å². The number of ether oxygens (including phenoxy) is 2. The highest BCUT2D eigenvalue weighted by molar-refractivity contribution is 6.76. The fraction of sp³-hybridized carbons (Fsp3) is 0.533. The second kappa shape index (κ2) is 7.02. The third-order valence-electron chi connectivity index (χ3n) is 3.24. The summed E-state index contributed by atoms with van der Waals surface area (Å²) in [5.41, 5.74) is 2.01. The first-order valence-electron chi connectivity index (χ1n) is 7.49. The van der Waals surface area contributed by atoms with Gasteiger partial charge in [-0.05, 0) is 31.2 Å². The summed E-state index contributed by atoms with van der Waals surface area (Å²) in [6.07, 6.45) is 0. The Morgan fingerprint density at radius 3 is 2.77 bits per heavy atom. The quantitative estimate of drug-likeness (QED) is 0.445. The van der Waals surface area contributed by atoms with Crippen molar-refractivity contribution in [3.05, 3.63) is 23.8 Å². The fourth-order valence-corrected chi connectivity index (χ4v) is 2.69. The maximum absolute atomic E-state index is 11.8. The molecule has 6 nitrogen and oxygen atoms in total. The van der Waals surface area contributed by atoms with Crippen LogP contribution in [0.25, 0.3) is 11.0 Å². The van der Waals surface area contributed by atoms with E-state index in [4.69, 9.17) is 9.47 Å². The molecule has 0 amide bonds. The lowest BCUT2D eigenvalue weighted by Gasteiger charge is -2.15. The van der Waals surface area contributed by atoms with Crippen LogP contribution in [0.2, 0.25) is 25.7 Å². The summed E-state index contributed by atoms with van der Waals surface area (Å²) >= 11 is 0. The minimum absolute atomic E-state index is 0.336. The van der Waals surface area contributed by atoms with E-state index in [0.717, 1.165) is 17.1 Å². The van der Waals surface area contributed by atoms with E-state index in [9.17, 15) is 4.79 Å². The maximum atomic E-state index is 11.8. The Bertz CT molecular complexity index is 649. The predicted molar refractivity (Wildman–Crippen MR) is 87.6 cm³/mol. The number of hydrogen-bond acceptors (Lipinski definition) is 5. The van der Waals surface area contributed by atoms with Gasteiger partial charge in [-0.2, -0.15) is 0 Å². The van der Waals surface area contributed by atoms with E-state index in [-0.39, 0.29) is 5.97 Å². The summed E-state index contributed by atoms with van der Waals surface area (Å²) < 4.78 is 12.4. The van der Waals surface area contributed by atoms with E-state index >= 15 is 0 Å². The van der Waals surface area contributed by atoms with Crippen molar-refractivity contribution in [1.29, 1.82) is 0 Å². The molecular weight excluding hydrogens is 298 g/mol. The van der Waals surface area contributed by atoms with Gasteiger partial charge >= 0.3 is 5.97 Å². The first-order chi connectivity index (χ1) is 10.4. The SMILES string of the molecule is CCOC(=O)c1ccc2nnn(COCC[Si](C)(C)C)c2c1. The Balaban J connectivity index is 2.07.